The first-order valence-corrected chi connectivity index (χ1v) is 1.90. The molecule has 0 unspecified atom stereocenters. The van der Waals surface area contributed by atoms with Crippen LogP contribution in [0, 0.1) is 0 Å². The van der Waals surface area contributed by atoms with Crippen LogP contribution >= 0.6 is 0 Å². The minimum Gasteiger partial charge on any atom is -0.514 e. The van der Waals surface area contributed by atoms with Gasteiger partial charge in [-0.15, -0.1) is 0 Å². The van der Waals surface area contributed by atoms with Crippen LogP contribution in [0.15, 0.2) is 12.0 Å². The van der Waals surface area contributed by atoms with Gasteiger partial charge in [-0.2, -0.15) is 0 Å². The Morgan fingerprint density at radius 3 is 2.50 bits per heavy atom. The zero-order chi connectivity index (χ0) is 4.99. The van der Waals surface area contributed by atoms with Crippen LogP contribution in [0.3, 0.4) is 0 Å². The molecule has 0 atom stereocenters. The summed E-state index contributed by atoms with van der Waals surface area (Å²) in [6.45, 7) is 1.88. The number of aliphatic hydroxyl groups excluding tert-OH is 1. The highest BCUT2D eigenvalue weighted by atomic mass is 16.2. The van der Waals surface area contributed by atoms with Crippen LogP contribution in [0.4, 0.5) is 0 Å². The van der Waals surface area contributed by atoms with Crippen molar-refractivity contribution in [1.82, 2.24) is 0 Å². The van der Waals surface area contributed by atoms with Crippen molar-refractivity contribution in [2.75, 3.05) is 0 Å². The van der Waals surface area contributed by atoms with Crippen molar-refractivity contribution >= 4 is 0 Å². The van der Waals surface area contributed by atoms with Crippen LogP contribution in [-0.2, 0) is 0 Å². The second kappa shape index (κ2) is 2.57. The van der Waals surface area contributed by atoms with Crippen LogP contribution in [0.25, 0.3) is 0 Å². The second-order valence-electron chi connectivity index (χ2n) is 1.06. The summed E-state index contributed by atoms with van der Waals surface area (Å²) in [7, 11) is 0. The molecule has 3 N–H and O–H groups in total. The fourth-order valence-electron chi connectivity index (χ4n) is 0.0913. The van der Waals surface area contributed by atoms with E-state index in [2.05, 4.69) is 0 Å². The number of nitrogens with two attached hydrogens (primary N) is 1. The molecule has 0 fully saturated rings. The Labute approximate surface area is 37.3 Å². The van der Waals surface area contributed by atoms with E-state index in [4.69, 9.17) is 10.8 Å². The Kier molecular flexibility index (Phi) is 2.29. The predicted octanol–water partition coefficient (Wildman–Crippen LogP) is 0.755. The number of hydrogen-bond acceptors (Lipinski definition) is 2. The van der Waals surface area contributed by atoms with Gasteiger partial charge in [0, 0.05) is 5.70 Å². The molecule has 0 amide bonds. The second-order valence-corrected chi connectivity index (χ2v) is 1.06. The maximum absolute atomic E-state index is 8.05. The summed E-state index contributed by atoms with van der Waals surface area (Å²) >= 11 is 0. The van der Waals surface area contributed by atoms with Gasteiger partial charge in [-0.3, -0.25) is 0 Å². The SMILES string of the molecule is CC/C(N)=C/O. The monoisotopic (exact) mass is 87.1 g/mol. The molecule has 0 radical (unpaired) electrons. The van der Waals surface area contributed by atoms with Crippen molar-refractivity contribution in [2.45, 2.75) is 13.3 Å². The maximum atomic E-state index is 8.05. The molecule has 0 spiro atoms. The molecule has 2 heteroatoms. The molecule has 36 valence electrons. The molecule has 0 aromatic carbocycles. The summed E-state index contributed by atoms with van der Waals surface area (Å²) in [6.07, 6.45) is 1.64. The summed E-state index contributed by atoms with van der Waals surface area (Å²) in [4.78, 5) is 0. The molecule has 0 aromatic rings. The number of allylic oxidation sites excluding steroid dienone is 1. The third-order valence-corrected chi connectivity index (χ3v) is 0.574. The van der Waals surface area contributed by atoms with Gasteiger partial charge in [0.05, 0.1) is 6.26 Å². The number of aliphatic hydroxyl groups is 1. The molecule has 0 rings (SSSR count). The van der Waals surface area contributed by atoms with Crippen LogP contribution in [0.5, 0.6) is 0 Å². The van der Waals surface area contributed by atoms with Gasteiger partial charge < -0.3 is 10.8 Å². The number of rotatable bonds is 1. The van der Waals surface area contributed by atoms with Gasteiger partial charge in [0.25, 0.3) is 0 Å². The topological polar surface area (TPSA) is 46.2 Å². The quantitative estimate of drug-likeness (QED) is 0.464. The lowest BCUT2D eigenvalue weighted by molar-refractivity contribution is 0.464. The molecule has 0 heterocycles. The maximum Gasteiger partial charge on any atom is 0.0978 e. The Bertz CT molecular complexity index is 58.6. The highest BCUT2D eigenvalue weighted by molar-refractivity contribution is 4.87. The van der Waals surface area contributed by atoms with E-state index < -0.39 is 0 Å². The van der Waals surface area contributed by atoms with E-state index in [0.717, 1.165) is 12.7 Å². The van der Waals surface area contributed by atoms with Crippen LogP contribution < -0.4 is 5.73 Å². The highest BCUT2D eigenvalue weighted by Crippen LogP contribution is 1.83. The summed E-state index contributed by atoms with van der Waals surface area (Å²) in [5.41, 5.74) is 5.61. The van der Waals surface area contributed by atoms with Gasteiger partial charge in [0.15, 0.2) is 0 Å². The summed E-state index contributed by atoms with van der Waals surface area (Å²) < 4.78 is 0. The van der Waals surface area contributed by atoms with E-state index in [1.807, 2.05) is 6.92 Å². The van der Waals surface area contributed by atoms with Gasteiger partial charge in [0.1, 0.15) is 0 Å². The zero-order valence-corrected chi connectivity index (χ0v) is 3.81. The van der Waals surface area contributed by atoms with Gasteiger partial charge in [-0.25, -0.2) is 0 Å². The van der Waals surface area contributed by atoms with Crippen LogP contribution in [0.2, 0.25) is 0 Å². The van der Waals surface area contributed by atoms with E-state index in [1.54, 1.807) is 0 Å². The first-order valence-electron chi connectivity index (χ1n) is 1.90. The van der Waals surface area contributed by atoms with Gasteiger partial charge in [-0.1, -0.05) is 6.92 Å². The standard InChI is InChI=1S/C4H9NO/c1-2-4(5)3-6/h3,6H,2,5H2,1H3/b4-3-. The largest absolute Gasteiger partial charge is 0.514 e. The normalized spacial score (nSPS) is 11.8. The lowest BCUT2D eigenvalue weighted by atomic mass is 10.4. The van der Waals surface area contributed by atoms with Crippen molar-refractivity contribution in [2.24, 2.45) is 5.73 Å². The molecular formula is C4H9NO. The van der Waals surface area contributed by atoms with E-state index >= 15 is 0 Å². The number of hydrogen-bond donors (Lipinski definition) is 2. The fraction of sp³-hybridized carbons (Fsp3) is 0.500. The first kappa shape index (κ1) is 5.34. The van der Waals surface area contributed by atoms with Crippen molar-refractivity contribution in [3.63, 3.8) is 0 Å². The molecular weight excluding hydrogens is 78.0 g/mol. The van der Waals surface area contributed by atoms with E-state index in [1.165, 1.54) is 0 Å². The first-order chi connectivity index (χ1) is 2.81. The van der Waals surface area contributed by atoms with E-state index in [9.17, 15) is 0 Å². The van der Waals surface area contributed by atoms with Crippen LogP contribution in [0.1, 0.15) is 13.3 Å². The summed E-state index contributed by atoms with van der Waals surface area (Å²) in [5, 5.41) is 8.05. The highest BCUT2D eigenvalue weighted by Gasteiger charge is 1.75. The molecule has 0 aliphatic rings. The molecule has 0 aliphatic heterocycles. The molecule has 0 saturated heterocycles. The zero-order valence-electron chi connectivity index (χ0n) is 3.81. The van der Waals surface area contributed by atoms with E-state index in [-0.39, 0.29) is 0 Å². The van der Waals surface area contributed by atoms with Gasteiger partial charge in [-0.05, 0) is 6.42 Å². The van der Waals surface area contributed by atoms with Gasteiger partial charge in [0.2, 0.25) is 0 Å². The third-order valence-electron chi connectivity index (χ3n) is 0.574. The van der Waals surface area contributed by atoms with E-state index in [0.29, 0.717) is 5.70 Å². The minimum atomic E-state index is 0.523. The molecule has 0 aromatic heterocycles. The lowest BCUT2D eigenvalue weighted by Crippen LogP contribution is -1.92. The van der Waals surface area contributed by atoms with Crippen molar-refractivity contribution in [3.8, 4) is 0 Å². The average molecular weight is 87.1 g/mol. The van der Waals surface area contributed by atoms with Crippen LogP contribution in [-0.4, -0.2) is 5.11 Å². The van der Waals surface area contributed by atoms with Crippen molar-refractivity contribution in [3.05, 3.63) is 12.0 Å². The van der Waals surface area contributed by atoms with Gasteiger partial charge >= 0.3 is 0 Å². The average Bonchev–Trinajstić information content (AvgIpc) is 1.65. The Morgan fingerprint density at radius 2 is 2.50 bits per heavy atom. The Hall–Kier alpha value is -0.660. The minimum absolute atomic E-state index is 0.523. The third kappa shape index (κ3) is 1.64. The summed E-state index contributed by atoms with van der Waals surface area (Å²) in [5.74, 6) is 0. The molecule has 0 saturated carbocycles. The molecule has 2 nitrogen and oxygen atoms in total. The summed E-state index contributed by atoms with van der Waals surface area (Å²) in [6, 6.07) is 0. The molecule has 0 aliphatic carbocycles. The lowest BCUT2D eigenvalue weighted by Gasteiger charge is -1.85. The molecule has 6 heavy (non-hydrogen) atoms. The predicted molar refractivity (Wildman–Crippen MR) is 25.2 cm³/mol. The fourth-order valence-corrected chi connectivity index (χ4v) is 0.0913. The van der Waals surface area contributed by atoms with Crippen molar-refractivity contribution in [1.29, 1.82) is 0 Å². The molecule has 0 bridgehead atoms. The Balaban J connectivity index is 3.22. The smallest absolute Gasteiger partial charge is 0.0978 e. The van der Waals surface area contributed by atoms with Crippen molar-refractivity contribution < 1.29 is 5.11 Å². The Morgan fingerprint density at radius 1 is 2.00 bits per heavy atom.